The number of hydroxylamine groups is 3. The largest absolute Gasteiger partial charge is 0.457 e. The average molecular weight is 287 g/mol. The topological polar surface area (TPSA) is 59.8 Å². The molecular weight excluding hydrogens is 268 g/mol. The van der Waals surface area contributed by atoms with Gasteiger partial charge in [0.1, 0.15) is 11.8 Å². The molecule has 0 fully saturated rings. The molecule has 110 valence electrons. The van der Waals surface area contributed by atoms with Crippen LogP contribution in [0.25, 0.3) is 0 Å². The van der Waals surface area contributed by atoms with Crippen molar-refractivity contribution in [1.82, 2.24) is 5.06 Å². The molecule has 0 saturated carbocycles. The van der Waals surface area contributed by atoms with Crippen molar-refractivity contribution in [2.24, 2.45) is 0 Å². The van der Waals surface area contributed by atoms with Gasteiger partial charge in [-0.1, -0.05) is 18.2 Å². The average Bonchev–Trinajstić information content (AvgIpc) is 2.99. The zero-order valence-corrected chi connectivity index (χ0v) is 12.3. The quantitative estimate of drug-likeness (QED) is 0.658. The minimum Gasteiger partial charge on any atom is -0.457 e. The van der Waals surface area contributed by atoms with E-state index in [9.17, 15) is 10.4 Å². The fourth-order valence-electron chi connectivity index (χ4n) is 2.88. The lowest BCUT2D eigenvalue weighted by molar-refractivity contribution is -0.848. The third-order valence-corrected chi connectivity index (χ3v) is 4.13. The van der Waals surface area contributed by atoms with Gasteiger partial charge in [-0.3, -0.25) is 5.21 Å². The second kappa shape index (κ2) is 4.72. The maximum absolute atomic E-state index is 10.7. The highest BCUT2D eigenvalue weighted by Gasteiger charge is 2.60. The Labute approximate surface area is 123 Å². The molecule has 2 N–H and O–H groups in total. The number of aryl methyl sites for hydroxylation is 1. The molecule has 3 rings (SSSR count). The highest BCUT2D eigenvalue weighted by atomic mass is 16.6. The SMILES string of the molecule is Cc1ccc(C2(C)N(O)C(C)C(c3ccccc3)=[N+]2O)o1. The van der Waals surface area contributed by atoms with Crippen LogP contribution in [-0.2, 0) is 5.66 Å². The van der Waals surface area contributed by atoms with Gasteiger partial charge in [-0.05, 0) is 38.1 Å². The maximum Gasteiger partial charge on any atom is 0.343 e. The summed E-state index contributed by atoms with van der Waals surface area (Å²) in [6, 6.07) is 12.7. The lowest BCUT2D eigenvalue weighted by Crippen LogP contribution is -2.45. The summed E-state index contributed by atoms with van der Waals surface area (Å²) in [5.41, 5.74) is 0.340. The third-order valence-electron chi connectivity index (χ3n) is 4.13. The molecule has 5 heteroatoms. The Hall–Kier alpha value is -2.11. The van der Waals surface area contributed by atoms with Crippen molar-refractivity contribution in [3.63, 3.8) is 0 Å². The molecule has 0 radical (unpaired) electrons. The second-order valence-electron chi connectivity index (χ2n) is 5.51. The van der Waals surface area contributed by atoms with E-state index in [0.29, 0.717) is 11.5 Å². The van der Waals surface area contributed by atoms with E-state index in [0.717, 1.165) is 21.1 Å². The van der Waals surface area contributed by atoms with Gasteiger partial charge in [0.25, 0.3) is 5.71 Å². The Morgan fingerprint density at radius 3 is 2.43 bits per heavy atom. The first-order valence-corrected chi connectivity index (χ1v) is 6.92. The molecule has 1 aromatic heterocycles. The molecule has 1 aliphatic heterocycles. The molecule has 2 heterocycles. The van der Waals surface area contributed by atoms with Crippen molar-refractivity contribution in [3.8, 4) is 0 Å². The van der Waals surface area contributed by atoms with Gasteiger partial charge in [0, 0.05) is 17.2 Å². The zero-order chi connectivity index (χ0) is 15.2. The summed E-state index contributed by atoms with van der Waals surface area (Å²) in [7, 11) is 0. The number of furan rings is 1. The highest BCUT2D eigenvalue weighted by Crippen LogP contribution is 2.36. The van der Waals surface area contributed by atoms with E-state index in [2.05, 4.69) is 0 Å². The molecule has 2 aromatic rings. The van der Waals surface area contributed by atoms with Crippen LogP contribution in [0.1, 0.15) is 30.9 Å². The van der Waals surface area contributed by atoms with E-state index in [1.807, 2.05) is 50.2 Å². The maximum atomic E-state index is 10.7. The zero-order valence-electron chi connectivity index (χ0n) is 12.3. The van der Waals surface area contributed by atoms with Gasteiger partial charge in [0.2, 0.25) is 0 Å². The minimum atomic E-state index is -1.15. The number of hydrogen-bond acceptors (Lipinski definition) is 4. The molecule has 0 aliphatic carbocycles. The first-order valence-electron chi connectivity index (χ1n) is 6.92. The first kappa shape index (κ1) is 13.9. The predicted octanol–water partition coefficient (Wildman–Crippen LogP) is 2.75. The second-order valence-corrected chi connectivity index (χ2v) is 5.51. The molecule has 5 nitrogen and oxygen atoms in total. The van der Waals surface area contributed by atoms with Gasteiger partial charge in [-0.25, -0.2) is 0 Å². The summed E-state index contributed by atoms with van der Waals surface area (Å²) in [6.45, 7) is 5.39. The van der Waals surface area contributed by atoms with E-state index in [1.54, 1.807) is 13.0 Å². The van der Waals surface area contributed by atoms with E-state index >= 15 is 0 Å². The van der Waals surface area contributed by atoms with Crippen LogP contribution in [0, 0.1) is 6.92 Å². The van der Waals surface area contributed by atoms with Crippen molar-refractivity contribution in [1.29, 1.82) is 0 Å². The molecule has 1 aromatic carbocycles. The molecule has 21 heavy (non-hydrogen) atoms. The molecule has 0 amide bonds. The monoisotopic (exact) mass is 287 g/mol. The van der Waals surface area contributed by atoms with Crippen molar-refractivity contribution in [2.75, 3.05) is 0 Å². The summed E-state index contributed by atoms with van der Waals surface area (Å²) in [5, 5.41) is 22.4. The van der Waals surface area contributed by atoms with Crippen LogP contribution in [0.3, 0.4) is 0 Å². The fraction of sp³-hybridized carbons (Fsp3) is 0.312. The molecule has 2 atom stereocenters. The Morgan fingerprint density at radius 1 is 1.19 bits per heavy atom. The van der Waals surface area contributed by atoms with Crippen molar-refractivity contribution >= 4 is 5.71 Å². The number of nitrogens with zero attached hydrogens (tertiary/aromatic N) is 2. The number of rotatable bonds is 2. The highest BCUT2D eigenvalue weighted by molar-refractivity contribution is 6.01. The summed E-state index contributed by atoms with van der Waals surface area (Å²) in [6.07, 6.45) is 0. The van der Waals surface area contributed by atoms with Gasteiger partial charge in [0.05, 0.1) is 0 Å². The van der Waals surface area contributed by atoms with Crippen LogP contribution in [0.2, 0.25) is 0 Å². The first-order chi connectivity index (χ1) is 9.96. The van der Waals surface area contributed by atoms with Crippen LogP contribution in [-0.4, -0.2) is 32.0 Å². The number of hydrogen-bond donors (Lipinski definition) is 2. The van der Waals surface area contributed by atoms with E-state index in [-0.39, 0.29) is 6.04 Å². The lowest BCUT2D eigenvalue weighted by atomic mass is 10.1. The van der Waals surface area contributed by atoms with Crippen molar-refractivity contribution in [3.05, 3.63) is 59.5 Å². The Bertz CT molecular complexity index is 693. The van der Waals surface area contributed by atoms with Crippen LogP contribution >= 0.6 is 0 Å². The molecule has 2 unspecified atom stereocenters. The lowest BCUT2D eigenvalue weighted by Gasteiger charge is -2.23. The Morgan fingerprint density at radius 2 is 1.86 bits per heavy atom. The molecular formula is C16H19N2O3+. The fourth-order valence-corrected chi connectivity index (χ4v) is 2.88. The smallest absolute Gasteiger partial charge is 0.343 e. The number of benzene rings is 1. The van der Waals surface area contributed by atoms with Gasteiger partial charge >= 0.3 is 5.66 Å². The van der Waals surface area contributed by atoms with Gasteiger partial charge in [-0.15, -0.1) is 5.06 Å². The minimum absolute atomic E-state index is 0.368. The van der Waals surface area contributed by atoms with Gasteiger partial charge < -0.3 is 9.62 Å². The Kier molecular flexibility index (Phi) is 3.11. The van der Waals surface area contributed by atoms with E-state index in [4.69, 9.17) is 4.42 Å². The Balaban J connectivity index is 2.17. The van der Waals surface area contributed by atoms with Crippen LogP contribution < -0.4 is 0 Å². The predicted molar refractivity (Wildman–Crippen MR) is 76.5 cm³/mol. The van der Waals surface area contributed by atoms with Crippen LogP contribution in [0.15, 0.2) is 46.9 Å². The normalized spacial score (nSPS) is 26.6. The molecule has 0 bridgehead atoms. The van der Waals surface area contributed by atoms with Crippen LogP contribution in [0.5, 0.6) is 0 Å². The molecule has 1 aliphatic rings. The summed E-state index contributed by atoms with van der Waals surface area (Å²) < 4.78 is 6.72. The van der Waals surface area contributed by atoms with Gasteiger partial charge in [-0.2, -0.15) is 0 Å². The van der Waals surface area contributed by atoms with Crippen LogP contribution in [0.4, 0.5) is 0 Å². The summed E-state index contributed by atoms with van der Waals surface area (Å²) >= 11 is 0. The standard InChI is InChI=1S/C16H19N2O3/c1-11-9-10-14(21-11)16(3)17(19)12(2)15(18(16)20)13-7-5-4-6-8-13/h4-10,12,19-20H,1-3H3/q+1. The third kappa shape index (κ3) is 1.89. The van der Waals surface area contributed by atoms with Crippen molar-refractivity contribution < 1.29 is 19.6 Å². The molecule has 0 spiro atoms. The summed E-state index contributed by atoms with van der Waals surface area (Å²) in [5.74, 6) is 1.22. The van der Waals surface area contributed by atoms with Gasteiger partial charge in [0.15, 0.2) is 5.76 Å². The van der Waals surface area contributed by atoms with E-state index in [1.165, 1.54) is 0 Å². The van der Waals surface area contributed by atoms with Crippen molar-refractivity contribution in [2.45, 2.75) is 32.5 Å². The van der Waals surface area contributed by atoms with E-state index < -0.39 is 5.66 Å². The molecule has 0 saturated heterocycles. The summed E-state index contributed by atoms with van der Waals surface area (Å²) in [4.78, 5) is 0.